The van der Waals surface area contributed by atoms with Crippen molar-refractivity contribution < 1.29 is 14.7 Å². The van der Waals surface area contributed by atoms with E-state index in [-0.39, 0.29) is 11.8 Å². The van der Waals surface area contributed by atoms with Crippen molar-refractivity contribution in [2.24, 2.45) is 5.92 Å². The van der Waals surface area contributed by atoms with Gasteiger partial charge < -0.3 is 20.2 Å². The molecule has 0 unspecified atom stereocenters. The third kappa shape index (κ3) is 4.52. The summed E-state index contributed by atoms with van der Waals surface area (Å²) >= 11 is 0. The van der Waals surface area contributed by atoms with Crippen molar-refractivity contribution in [1.29, 1.82) is 0 Å². The van der Waals surface area contributed by atoms with Crippen LogP contribution in [-0.2, 0) is 4.79 Å². The lowest BCUT2D eigenvalue weighted by Gasteiger charge is -2.36. The van der Waals surface area contributed by atoms with E-state index in [1.807, 2.05) is 0 Å². The van der Waals surface area contributed by atoms with Gasteiger partial charge in [0.1, 0.15) is 0 Å². The van der Waals surface area contributed by atoms with E-state index in [0.29, 0.717) is 26.1 Å². The molecule has 0 saturated carbocycles. The number of amides is 2. The highest BCUT2D eigenvalue weighted by Gasteiger charge is 2.31. The number of likely N-dealkylation sites (N-methyl/N-ethyl adjacent to an activating group) is 1. The maximum atomic E-state index is 11.6. The standard InChI is InChI=1S/C12H23N3O3/c1-3-14(4-2)6-5-13-11(16)7-10-8-15(9-10)12(17)18/h10H,3-9H2,1-2H3,(H,13,16)(H,17,18). The fourth-order valence-electron chi connectivity index (χ4n) is 2.08. The molecule has 0 radical (unpaired) electrons. The van der Waals surface area contributed by atoms with E-state index in [2.05, 4.69) is 24.1 Å². The normalized spacial score (nSPS) is 15.6. The minimum absolute atomic E-state index is 0.0252. The molecule has 1 saturated heterocycles. The first-order valence-corrected chi connectivity index (χ1v) is 6.53. The Labute approximate surface area is 108 Å². The predicted molar refractivity (Wildman–Crippen MR) is 68.5 cm³/mol. The van der Waals surface area contributed by atoms with E-state index in [1.54, 1.807) is 0 Å². The van der Waals surface area contributed by atoms with Gasteiger partial charge in [0.05, 0.1) is 0 Å². The van der Waals surface area contributed by atoms with Crippen LogP contribution < -0.4 is 5.32 Å². The monoisotopic (exact) mass is 257 g/mol. The van der Waals surface area contributed by atoms with Crippen LogP contribution in [-0.4, -0.2) is 66.2 Å². The largest absolute Gasteiger partial charge is 0.465 e. The number of carboxylic acid groups (broad SMARTS) is 1. The average Bonchev–Trinajstić information content (AvgIpc) is 2.28. The van der Waals surface area contributed by atoms with Crippen LogP contribution in [0.1, 0.15) is 20.3 Å². The highest BCUT2D eigenvalue weighted by molar-refractivity contribution is 5.76. The summed E-state index contributed by atoms with van der Waals surface area (Å²) in [6.07, 6.45) is -0.463. The van der Waals surface area contributed by atoms with E-state index in [0.717, 1.165) is 19.6 Å². The second-order valence-corrected chi connectivity index (χ2v) is 4.63. The molecule has 2 amide bonds. The van der Waals surface area contributed by atoms with Crippen molar-refractivity contribution >= 4 is 12.0 Å². The molecular weight excluding hydrogens is 234 g/mol. The molecule has 1 rings (SSSR count). The van der Waals surface area contributed by atoms with Crippen molar-refractivity contribution in [2.45, 2.75) is 20.3 Å². The van der Waals surface area contributed by atoms with Gasteiger partial charge in [0.2, 0.25) is 5.91 Å². The Hall–Kier alpha value is -1.30. The van der Waals surface area contributed by atoms with Crippen molar-refractivity contribution in [2.75, 3.05) is 39.3 Å². The number of likely N-dealkylation sites (tertiary alicyclic amines) is 1. The van der Waals surface area contributed by atoms with Gasteiger partial charge in [-0.3, -0.25) is 4.79 Å². The highest BCUT2D eigenvalue weighted by atomic mass is 16.4. The Balaban J connectivity index is 2.07. The first-order valence-electron chi connectivity index (χ1n) is 6.53. The summed E-state index contributed by atoms with van der Waals surface area (Å²) in [5.74, 6) is 0.215. The number of nitrogens with one attached hydrogen (secondary N) is 1. The van der Waals surface area contributed by atoms with Crippen LogP contribution in [0, 0.1) is 5.92 Å². The van der Waals surface area contributed by atoms with Crippen molar-refractivity contribution in [1.82, 2.24) is 15.1 Å². The lowest BCUT2D eigenvalue weighted by molar-refractivity contribution is -0.123. The molecule has 1 heterocycles. The van der Waals surface area contributed by atoms with Crippen LogP contribution in [0.4, 0.5) is 4.79 Å². The van der Waals surface area contributed by atoms with Gasteiger partial charge in [0.25, 0.3) is 0 Å². The van der Waals surface area contributed by atoms with Gasteiger partial charge in [0.15, 0.2) is 0 Å². The first kappa shape index (κ1) is 14.8. The van der Waals surface area contributed by atoms with Crippen LogP contribution in [0.2, 0.25) is 0 Å². The molecule has 2 N–H and O–H groups in total. The summed E-state index contributed by atoms with van der Waals surface area (Å²) in [6.45, 7) is 8.67. The molecule has 1 aliphatic rings. The number of rotatable bonds is 7. The molecule has 6 nitrogen and oxygen atoms in total. The zero-order valence-electron chi connectivity index (χ0n) is 11.2. The van der Waals surface area contributed by atoms with E-state index in [9.17, 15) is 9.59 Å². The molecule has 0 bridgehead atoms. The quantitative estimate of drug-likeness (QED) is 0.694. The summed E-state index contributed by atoms with van der Waals surface area (Å²) in [6, 6.07) is 0. The Bertz CT molecular complexity index is 286. The minimum atomic E-state index is -0.895. The zero-order chi connectivity index (χ0) is 13.5. The van der Waals surface area contributed by atoms with Crippen LogP contribution in [0.3, 0.4) is 0 Å². The fourth-order valence-corrected chi connectivity index (χ4v) is 2.08. The van der Waals surface area contributed by atoms with Crippen LogP contribution in [0.25, 0.3) is 0 Å². The lowest BCUT2D eigenvalue weighted by atomic mass is 9.96. The van der Waals surface area contributed by atoms with E-state index >= 15 is 0 Å². The number of hydrogen-bond donors (Lipinski definition) is 2. The van der Waals surface area contributed by atoms with Crippen LogP contribution in [0.5, 0.6) is 0 Å². The smallest absolute Gasteiger partial charge is 0.407 e. The third-order valence-corrected chi connectivity index (χ3v) is 3.35. The number of carbonyl (C=O) groups excluding carboxylic acids is 1. The SMILES string of the molecule is CCN(CC)CCNC(=O)CC1CN(C(=O)O)C1. The zero-order valence-corrected chi connectivity index (χ0v) is 11.2. The number of carbonyl (C=O) groups is 2. The minimum Gasteiger partial charge on any atom is -0.465 e. The molecular formula is C12H23N3O3. The van der Waals surface area contributed by atoms with Crippen molar-refractivity contribution in [3.8, 4) is 0 Å². The van der Waals surface area contributed by atoms with Gasteiger partial charge in [-0.05, 0) is 13.1 Å². The fraction of sp³-hybridized carbons (Fsp3) is 0.833. The summed E-state index contributed by atoms with van der Waals surface area (Å²) < 4.78 is 0. The number of hydrogen-bond acceptors (Lipinski definition) is 3. The third-order valence-electron chi connectivity index (χ3n) is 3.35. The second-order valence-electron chi connectivity index (χ2n) is 4.63. The predicted octanol–water partition coefficient (Wildman–Crippen LogP) is 0.444. The Kier molecular flexibility index (Phi) is 5.91. The Morgan fingerprint density at radius 2 is 1.94 bits per heavy atom. The maximum Gasteiger partial charge on any atom is 0.407 e. The molecule has 1 fully saturated rings. The average molecular weight is 257 g/mol. The summed E-state index contributed by atoms with van der Waals surface area (Å²) in [5.41, 5.74) is 0. The topological polar surface area (TPSA) is 72.9 Å². The van der Waals surface area contributed by atoms with Gasteiger partial charge in [-0.2, -0.15) is 0 Å². The molecule has 0 spiro atoms. The van der Waals surface area contributed by atoms with Gasteiger partial charge in [-0.15, -0.1) is 0 Å². The van der Waals surface area contributed by atoms with Gasteiger partial charge in [-0.25, -0.2) is 4.79 Å². The van der Waals surface area contributed by atoms with Gasteiger partial charge in [0, 0.05) is 38.5 Å². The second kappa shape index (κ2) is 7.20. The summed E-state index contributed by atoms with van der Waals surface area (Å²) in [5, 5.41) is 11.5. The molecule has 0 aromatic carbocycles. The molecule has 0 aromatic rings. The molecule has 0 aromatic heterocycles. The van der Waals surface area contributed by atoms with Crippen molar-refractivity contribution in [3.63, 3.8) is 0 Å². The van der Waals surface area contributed by atoms with E-state index in [1.165, 1.54) is 4.90 Å². The van der Waals surface area contributed by atoms with Crippen LogP contribution >= 0.6 is 0 Å². The van der Waals surface area contributed by atoms with Crippen molar-refractivity contribution in [3.05, 3.63) is 0 Å². The van der Waals surface area contributed by atoms with E-state index < -0.39 is 6.09 Å². The molecule has 104 valence electrons. The molecule has 6 heteroatoms. The highest BCUT2D eigenvalue weighted by Crippen LogP contribution is 2.18. The first-order chi connectivity index (χ1) is 8.56. The molecule has 0 atom stereocenters. The van der Waals surface area contributed by atoms with Gasteiger partial charge >= 0.3 is 6.09 Å². The van der Waals surface area contributed by atoms with E-state index in [4.69, 9.17) is 5.11 Å². The lowest BCUT2D eigenvalue weighted by Crippen LogP contribution is -2.51. The number of nitrogens with zero attached hydrogens (tertiary/aromatic N) is 2. The summed E-state index contributed by atoms with van der Waals surface area (Å²) in [7, 11) is 0. The van der Waals surface area contributed by atoms with Gasteiger partial charge in [-0.1, -0.05) is 13.8 Å². The summed E-state index contributed by atoms with van der Waals surface area (Å²) in [4.78, 5) is 25.7. The molecule has 18 heavy (non-hydrogen) atoms. The Morgan fingerprint density at radius 3 is 2.44 bits per heavy atom. The Morgan fingerprint density at radius 1 is 1.33 bits per heavy atom. The molecule has 1 aliphatic heterocycles. The van der Waals surface area contributed by atoms with Crippen LogP contribution in [0.15, 0.2) is 0 Å². The molecule has 0 aliphatic carbocycles. The maximum absolute atomic E-state index is 11.6.